The highest BCUT2D eigenvalue weighted by molar-refractivity contribution is 7.92. The van der Waals surface area contributed by atoms with Crippen molar-refractivity contribution in [1.29, 1.82) is 0 Å². The highest BCUT2D eigenvalue weighted by Crippen LogP contribution is 2.28. The average molecular weight is 397 g/mol. The zero-order valence-corrected chi connectivity index (χ0v) is 15.2. The summed E-state index contributed by atoms with van der Waals surface area (Å²) < 4.78 is 27.4. The normalized spacial score (nSPS) is 11.3. The van der Waals surface area contributed by atoms with E-state index in [0.29, 0.717) is 11.3 Å². The van der Waals surface area contributed by atoms with Crippen molar-refractivity contribution >= 4 is 33.3 Å². The SMILES string of the molecule is O=[N+]([O-])c1cc(S(=O)(=O)Nc2ccccc2)ccc1N/N=C\c1cccnc1. The summed E-state index contributed by atoms with van der Waals surface area (Å²) in [6.45, 7) is 0. The first kappa shape index (κ1) is 19.0. The van der Waals surface area contributed by atoms with Gasteiger partial charge in [-0.25, -0.2) is 8.42 Å². The van der Waals surface area contributed by atoms with Crippen LogP contribution >= 0.6 is 0 Å². The molecule has 142 valence electrons. The molecule has 1 heterocycles. The number of benzene rings is 2. The molecule has 0 saturated carbocycles. The molecule has 10 heteroatoms. The van der Waals surface area contributed by atoms with Crippen LogP contribution in [0, 0.1) is 10.1 Å². The maximum absolute atomic E-state index is 12.5. The molecule has 1 aromatic heterocycles. The van der Waals surface area contributed by atoms with E-state index in [-0.39, 0.29) is 10.6 Å². The number of nitro groups is 1. The molecular weight excluding hydrogens is 382 g/mol. The molecule has 0 aliphatic rings. The number of nitro benzene ring substituents is 1. The second-order valence-corrected chi connectivity index (χ2v) is 7.25. The number of pyridine rings is 1. The number of rotatable bonds is 7. The van der Waals surface area contributed by atoms with Crippen LogP contribution in [-0.4, -0.2) is 24.5 Å². The molecule has 0 fully saturated rings. The molecule has 0 spiro atoms. The highest BCUT2D eigenvalue weighted by Gasteiger charge is 2.21. The van der Waals surface area contributed by atoms with Crippen LogP contribution < -0.4 is 10.1 Å². The largest absolute Gasteiger partial charge is 0.295 e. The third-order valence-corrected chi connectivity index (χ3v) is 4.96. The first-order valence-corrected chi connectivity index (χ1v) is 9.49. The van der Waals surface area contributed by atoms with Gasteiger partial charge in [0.05, 0.1) is 16.0 Å². The molecule has 0 atom stereocenters. The van der Waals surface area contributed by atoms with Crippen LogP contribution in [-0.2, 0) is 10.0 Å². The summed E-state index contributed by atoms with van der Waals surface area (Å²) >= 11 is 0. The molecular formula is C18H15N5O4S. The van der Waals surface area contributed by atoms with Gasteiger partial charge in [-0.05, 0) is 30.3 Å². The molecule has 0 aliphatic heterocycles. The van der Waals surface area contributed by atoms with Gasteiger partial charge in [0, 0.05) is 29.7 Å². The van der Waals surface area contributed by atoms with Crippen LogP contribution in [0.15, 0.2) is 83.1 Å². The van der Waals surface area contributed by atoms with Gasteiger partial charge < -0.3 is 0 Å². The number of aromatic nitrogens is 1. The second kappa shape index (κ2) is 8.27. The van der Waals surface area contributed by atoms with Gasteiger partial charge >= 0.3 is 0 Å². The first-order chi connectivity index (χ1) is 13.5. The molecule has 0 bridgehead atoms. The zero-order valence-electron chi connectivity index (χ0n) is 14.4. The Morgan fingerprint density at radius 1 is 1.07 bits per heavy atom. The van der Waals surface area contributed by atoms with Crippen LogP contribution in [0.1, 0.15) is 5.56 Å². The molecule has 28 heavy (non-hydrogen) atoms. The second-order valence-electron chi connectivity index (χ2n) is 5.56. The van der Waals surface area contributed by atoms with Crippen LogP contribution in [0.5, 0.6) is 0 Å². The van der Waals surface area contributed by atoms with Crippen molar-refractivity contribution in [3.05, 3.63) is 88.7 Å². The van der Waals surface area contributed by atoms with Gasteiger partial charge in [0.2, 0.25) is 0 Å². The molecule has 0 saturated heterocycles. The van der Waals surface area contributed by atoms with E-state index >= 15 is 0 Å². The van der Waals surface area contributed by atoms with Gasteiger partial charge in [-0.15, -0.1) is 0 Å². The molecule has 3 aromatic rings. The van der Waals surface area contributed by atoms with E-state index in [1.807, 2.05) is 0 Å². The first-order valence-electron chi connectivity index (χ1n) is 8.01. The van der Waals surface area contributed by atoms with E-state index in [4.69, 9.17) is 0 Å². The summed E-state index contributed by atoms with van der Waals surface area (Å²) in [5.41, 5.74) is 3.25. The molecule has 0 aliphatic carbocycles. The molecule has 2 aromatic carbocycles. The minimum atomic E-state index is -3.98. The topological polar surface area (TPSA) is 127 Å². The van der Waals surface area contributed by atoms with Crippen molar-refractivity contribution in [1.82, 2.24) is 4.98 Å². The number of sulfonamides is 1. The molecule has 0 amide bonds. The molecule has 2 N–H and O–H groups in total. The van der Waals surface area contributed by atoms with Crippen molar-refractivity contribution in [3.8, 4) is 0 Å². The van der Waals surface area contributed by atoms with Crippen LogP contribution in [0.25, 0.3) is 0 Å². The van der Waals surface area contributed by atoms with Gasteiger partial charge in [0.1, 0.15) is 5.69 Å². The Morgan fingerprint density at radius 2 is 1.86 bits per heavy atom. The van der Waals surface area contributed by atoms with Gasteiger partial charge in [-0.1, -0.05) is 24.3 Å². The Hall–Kier alpha value is -3.79. The standard InChI is InChI=1S/C18H15N5O4S/c24-23(25)18-11-16(28(26,27)22-15-6-2-1-3-7-15)8-9-17(18)21-20-13-14-5-4-10-19-12-14/h1-13,21-22H/b20-13-. The predicted octanol–water partition coefficient (Wildman–Crippen LogP) is 3.24. The van der Waals surface area contributed by atoms with Crippen LogP contribution in [0.3, 0.4) is 0 Å². The van der Waals surface area contributed by atoms with Crippen molar-refractivity contribution < 1.29 is 13.3 Å². The van der Waals surface area contributed by atoms with Gasteiger partial charge in [-0.2, -0.15) is 5.10 Å². The third-order valence-electron chi connectivity index (χ3n) is 3.59. The lowest BCUT2D eigenvalue weighted by atomic mass is 10.3. The summed E-state index contributed by atoms with van der Waals surface area (Å²) in [5, 5.41) is 15.3. The fraction of sp³-hybridized carbons (Fsp3) is 0. The molecule has 0 unspecified atom stereocenters. The van der Waals surface area contributed by atoms with E-state index in [2.05, 4.69) is 20.2 Å². The van der Waals surface area contributed by atoms with Crippen molar-refractivity contribution in [2.45, 2.75) is 4.90 Å². The van der Waals surface area contributed by atoms with Crippen LogP contribution in [0.4, 0.5) is 17.1 Å². The summed E-state index contributed by atoms with van der Waals surface area (Å²) in [6.07, 6.45) is 4.63. The number of anilines is 2. The average Bonchev–Trinajstić information content (AvgIpc) is 2.69. The lowest BCUT2D eigenvalue weighted by molar-refractivity contribution is -0.384. The van der Waals surface area contributed by atoms with Crippen molar-refractivity contribution in [2.75, 3.05) is 10.1 Å². The maximum Gasteiger partial charge on any atom is 0.295 e. The smallest absolute Gasteiger partial charge is 0.280 e. The number of hydrogen-bond acceptors (Lipinski definition) is 7. The Kier molecular flexibility index (Phi) is 5.61. The number of nitrogens with zero attached hydrogens (tertiary/aromatic N) is 3. The number of para-hydroxylation sites is 1. The lowest BCUT2D eigenvalue weighted by Gasteiger charge is -2.09. The monoisotopic (exact) mass is 397 g/mol. The van der Waals surface area contributed by atoms with E-state index in [9.17, 15) is 18.5 Å². The Labute approximate surface area is 161 Å². The maximum atomic E-state index is 12.5. The van der Waals surface area contributed by atoms with E-state index in [0.717, 1.165) is 6.07 Å². The Bertz CT molecular complexity index is 1100. The minimum Gasteiger partial charge on any atom is -0.280 e. The fourth-order valence-corrected chi connectivity index (χ4v) is 3.35. The van der Waals surface area contributed by atoms with Crippen molar-refractivity contribution in [3.63, 3.8) is 0 Å². The summed E-state index contributed by atoms with van der Waals surface area (Å²) in [5.74, 6) is 0. The van der Waals surface area contributed by atoms with E-state index in [1.54, 1.807) is 54.9 Å². The number of hydrazone groups is 1. The summed E-state index contributed by atoms with van der Waals surface area (Å²) in [7, 11) is -3.98. The van der Waals surface area contributed by atoms with Gasteiger partial charge in [-0.3, -0.25) is 25.2 Å². The minimum absolute atomic E-state index is 0.0591. The molecule has 0 radical (unpaired) electrons. The van der Waals surface area contributed by atoms with Crippen molar-refractivity contribution in [2.24, 2.45) is 5.10 Å². The zero-order chi connectivity index (χ0) is 20.0. The Morgan fingerprint density at radius 3 is 2.54 bits per heavy atom. The highest BCUT2D eigenvalue weighted by atomic mass is 32.2. The Balaban J connectivity index is 1.84. The van der Waals surface area contributed by atoms with E-state index in [1.165, 1.54) is 18.3 Å². The predicted molar refractivity (Wildman–Crippen MR) is 106 cm³/mol. The van der Waals surface area contributed by atoms with Gasteiger partial charge in [0.15, 0.2) is 0 Å². The van der Waals surface area contributed by atoms with E-state index < -0.39 is 20.6 Å². The summed E-state index contributed by atoms with van der Waals surface area (Å²) in [6, 6.07) is 15.3. The van der Waals surface area contributed by atoms with Crippen LogP contribution in [0.2, 0.25) is 0 Å². The number of nitrogens with one attached hydrogen (secondary N) is 2. The summed E-state index contributed by atoms with van der Waals surface area (Å²) in [4.78, 5) is 14.4. The molecule has 3 rings (SSSR count). The fourth-order valence-electron chi connectivity index (χ4n) is 2.27. The number of hydrogen-bond donors (Lipinski definition) is 2. The quantitative estimate of drug-likeness (QED) is 0.358. The lowest BCUT2D eigenvalue weighted by Crippen LogP contribution is -2.13. The third kappa shape index (κ3) is 4.68. The van der Waals surface area contributed by atoms with Gasteiger partial charge in [0.25, 0.3) is 15.7 Å². The molecule has 9 nitrogen and oxygen atoms in total.